The SMILES string of the molecule is C=C(CCC(=O)C[C@H](O)C=C[N+](=O)[O-])C(=O)OC(C)(C)C. The molecule has 0 radical (unpaired) electrons. The lowest BCUT2D eigenvalue weighted by molar-refractivity contribution is -0.402. The van der Waals surface area contributed by atoms with E-state index in [0.29, 0.717) is 6.20 Å². The van der Waals surface area contributed by atoms with Crippen LogP contribution in [-0.4, -0.2) is 33.5 Å². The van der Waals surface area contributed by atoms with Crippen molar-refractivity contribution in [1.82, 2.24) is 0 Å². The number of ether oxygens (including phenoxy) is 1. The highest BCUT2D eigenvalue weighted by molar-refractivity contribution is 5.89. The number of carbonyl (C=O) groups is 2. The molecule has 118 valence electrons. The molecule has 0 bridgehead atoms. The highest BCUT2D eigenvalue weighted by Crippen LogP contribution is 2.14. The number of hydrogen-bond donors (Lipinski definition) is 1. The first-order chi connectivity index (χ1) is 9.51. The minimum absolute atomic E-state index is 0.0153. The van der Waals surface area contributed by atoms with E-state index in [-0.39, 0.29) is 30.6 Å². The van der Waals surface area contributed by atoms with Gasteiger partial charge in [-0.3, -0.25) is 14.9 Å². The van der Waals surface area contributed by atoms with Gasteiger partial charge in [0.05, 0.1) is 11.0 Å². The summed E-state index contributed by atoms with van der Waals surface area (Å²) in [5.74, 6) is -0.885. The van der Waals surface area contributed by atoms with Gasteiger partial charge in [-0.2, -0.15) is 0 Å². The Morgan fingerprint density at radius 3 is 2.43 bits per heavy atom. The van der Waals surface area contributed by atoms with Gasteiger partial charge in [0.1, 0.15) is 11.4 Å². The van der Waals surface area contributed by atoms with Crippen LogP contribution in [0.3, 0.4) is 0 Å². The van der Waals surface area contributed by atoms with Gasteiger partial charge in [-0.25, -0.2) is 4.79 Å². The number of carbonyl (C=O) groups excluding carboxylic acids is 2. The van der Waals surface area contributed by atoms with Crippen LogP contribution >= 0.6 is 0 Å². The summed E-state index contributed by atoms with van der Waals surface area (Å²) in [6, 6.07) is 0. The smallest absolute Gasteiger partial charge is 0.333 e. The molecule has 0 fully saturated rings. The number of nitrogens with zero attached hydrogens (tertiary/aromatic N) is 1. The van der Waals surface area contributed by atoms with E-state index in [4.69, 9.17) is 4.74 Å². The van der Waals surface area contributed by atoms with Crippen LogP contribution < -0.4 is 0 Å². The second-order valence-corrected chi connectivity index (χ2v) is 5.54. The zero-order chi connectivity index (χ0) is 16.6. The summed E-state index contributed by atoms with van der Waals surface area (Å²) in [5.41, 5.74) is -0.457. The molecular weight excluding hydrogens is 278 g/mol. The molecule has 0 rings (SSSR count). The van der Waals surface area contributed by atoms with Gasteiger partial charge >= 0.3 is 5.97 Å². The van der Waals surface area contributed by atoms with Crippen molar-refractivity contribution in [3.05, 3.63) is 34.5 Å². The fourth-order valence-corrected chi connectivity index (χ4v) is 1.32. The van der Waals surface area contributed by atoms with E-state index in [1.54, 1.807) is 20.8 Å². The molecule has 0 aromatic rings. The van der Waals surface area contributed by atoms with Gasteiger partial charge in [0, 0.05) is 24.5 Å². The monoisotopic (exact) mass is 299 g/mol. The minimum atomic E-state index is -1.21. The number of ketones is 1. The molecule has 1 atom stereocenters. The molecule has 0 amide bonds. The van der Waals surface area contributed by atoms with Gasteiger partial charge in [0.15, 0.2) is 0 Å². The van der Waals surface area contributed by atoms with Gasteiger partial charge < -0.3 is 9.84 Å². The zero-order valence-electron chi connectivity index (χ0n) is 12.5. The Balaban J connectivity index is 4.16. The Morgan fingerprint density at radius 1 is 1.38 bits per heavy atom. The van der Waals surface area contributed by atoms with Crippen LogP contribution in [0.2, 0.25) is 0 Å². The molecule has 0 saturated carbocycles. The third-order valence-corrected chi connectivity index (χ3v) is 2.26. The van der Waals surface area contributed by atoms with Crippen LogP contribution in [-0.2, 0) is 14.3 Å². The number of aliphatic hydroxyl groups excluding tert-OH is 1. The van der Waals surface area contributed by atoms with E-state index in [9.17, 15) is 24.8 Å². The third kappa shape index (κ3) is 10.4. The van der Waals surface area contributed by atoms with Crippen LogP contribution in [0, 0.1) is 10.1 Å². The second kappa shape index (κ2) is 8.31. The standard InChI is InChI=1S/C14H21NO6/c1-10(13(18)21-14(2,3)4)5-6-11(16)9-12(17)7-8-15(19)20/h7-8,12,17H,1,5-6,9H2,2-4H3/t12-/m1/s1. The van der Waals surface area contributed by atoms with Crippen molar-refractivity contribution in [2.24, 2.45) is 0 Å². The Kier molecular flexibility index (Phi) is 7.51. The third-order valence-electron chi connectivity index (χ3n) is 2.26. The van der Waals surface area contributed by atoms with Gasteiger partial charge in [-0.05, 0) is 27.2 Å². The maximum absolute atomic E-state index is 11.6. The maximum Gasteiger partial charge on any atom is 0.333 e. The highest BCUT2D eigenvalue weighted by atomic mass is 16.6. The molecule has 0 aromatic carbocycles. The van der Waals surface area contributed by atoms with Crippen molar-refractivity contribution < 1.29 is 24.4 Å². The van der Waals surface area contributed by atoms with Crippen molar-refractivity contribution in [2.75, 3.05) is 0 Å². The Morgan fingerprint density at radius 2 is 1.95 bits per heavy atom. The van der Waals surface area contributed by atoms with Crippen molar-refractivity contribution >= 4 is 11.8 Å². The highest BCUT2D eigenvalue weighted by Gasteiger charge is 2.19. The summed E-state index contributed by atoms with van der Waals surface area (Å²) in [5, 5.41) is 19.4. The summed E-state index contributed by atoms with van der Waals surface area (Å²) >= 11 is 0. The van der Waals surface area contributed by atoms with Gasteiger partial charge in [-0.15, -0.1) is 0 Å². The largest absolute Gasteiger partial charge is 0.457 e. The molecule has 7 nitrogen and oxygen atoms in total. The second-order valence-electron chi connectivity index (χ2n) is 5.54. The number of hydrogen-bond acceptors (Lipinski definition) is 6. The molecule has 7 heteroatoms. The van der Waals surface area contributed by atoms with Gasteiger partial charge in [0.2, 0.25) is 6.20 Å². The molecule has 0 spiro atoms. The number of rotatable bonds is 8. The molecule has 0 aromatic heterocycles. The summed E-state index contributed by atoms with van der Waals surface area (Å²) in [6.07, 6.45) is 0.197. The Bertz CT molecular complexity index is 447. The fourth-order valence-electron chi connectivity index (χ4n) is 1.32. The van der Waals surface area contributed by atoms with Crippen molar-refractivity contribution in [2.45, 2.75) is 51.7 Å². The zero-order valence-corrected chi connectivity index (χ0v) is 12.5. The van der Waals surface area contributed by atoms with E-state index < -0.39 is 22.6 Å². The van der Waals surface area contributed by atoms with Crippen molar-refractivity contribution in [1.29, 1.82) is 0 Å². The Hall–Kier alpha value is -2.02. The van der Waals surface area contributed by atoms with Crippen LogP contribution in [0.25, 0.3) is 0 Å². The lowest BCUT2D eigenvalue weighted by Gasteiger charge is -2.20. The van der Waals surface area contributed by atoms with Crippen LogP contribution in [0.1, 0.15) is 40.0 Å². The topological polar surface area (TPSA) is 107 Å². The van der Waals surface area contributed by atoms with E-state index in [0.717, 1.165) is 6.08 Å². The molecule has 21 heavy (non-hydrogen) atoms. The van der Waals surface area contributed by atoms with Gasteiger partial charge in [-0.1, -0.05) is 6.58 Å². The molecule has 0 heterocycles. The summed E-state index contributed by atoms with van der Waals surface area (Å²) < 4.78 is 5.09. The molecule has 0 aliphatic carbocycles. The lowest BCUT2D eigenvalue weighted by atomic mass is 10.0. The molecular formula is C14H21NO6. The van der Waals surface area contributed by atoms with Crippen LogP contribution in [0.4, 0.5) is 0 Å². The number of esters is 1. The maximum atomic E-state index is 11.6. The van der Waals surface area contributed by atoms with E-state index in [1.165, 1.54) is 0 Å². The molecule has 0 saturated heterocycles. The average Bonchev–Trinajstić information content (AvgIpc) is 2.31. The summed E-state index contributed by atoms with van der Waals surface area (Å²) in [4.78, 5) is 32.5. The average molecular weight is 299 g/mol. The minimum Gasteiger partial charge on any atom is -0.457 e. The molecule has 0 unspecified atom stereocenters. The first-order valence-electron chi connectivity index (χ1n) is 6.44. The van der Waals surface area contributed by atoms with E-state index >= 15 is 0 Å². The lowest BCUT2D eigenvalue weighted by Crippen LogP contribution is -2.24. The molecule has 0 aliphatic heterocycles. The van der Waals surface area contributed by atoms with E-state index in [1.807, 2.05) is 0 Å². The summed E-state index contributed by atoms with van der Waals surface area (Å²) in [6.45, 7) is 8.73. The molecule has 1 N–H and O–H groups in total. The number of Topliss-reactive ketones (excluding diaryl/α,β-unsaturated/α-hetero) is 1. The predicted molar refractivity (Wildman–Crippen MR) is 76.0 cm³/mol. The van der Waals surface area contributed by atoms with Crippen molar-refractivity contribution in [3.8, 4) is 0 Å². The fraction of sp³-hybridized carbons (Fsp3) is 0.571. The number of nitro groups is 1. The Labute approximate surface area is 123 Å². The van der Waals surface area contributed by atoms with E-state index in [2.05, 4.69) is 6.58 Å². The first kappa shape index (κ1) is 19.0. The molecule has 0 aliphatic rings. The predicted octanol–water partition coefficient (Wildman–Crippen LogP) is 1.77. The van der Waals surface area contributed by atoms with Crippen LogP contribution in [0.15, 0.2) is 24.4 Å². The van der Waals surface area contributed by atoms with Crippen LogP contribution in [0.5, 0.6) is 0 Å². The first-order valence-corrected chi connectivity index (χ1v) is 6.44. The van der Waals surface area contributed by atoms with Gasteiger partial charge in [0.25, 0.3) is 0 Å². The van der Waals surface area contributed by atoms with Crippen molar-refractivity contribution in [3.63, 3.8) is 0 Å². The summed E-state index contributed by atoms with van der Waals surface area (Å²) in [7, 11) is 0. The quantitative estimate of drug-likeness (QED) is 0.317. The number of aliphatic hydroxyl groups is 1. The normalized spacial score (nSPS) is 13.0.